The maximum absolute atomic E-state index is 11.0. The van der Waals surface area contributed by atoms with Gasteiger partial charge in [0.05, 0.1) is 0 Å². The van der Waals surface area contributed by atoms with Crippen molar-refractivity contribution in [2.24, 2.45) is 5.73 Å². The van der Waals surface area contributed by atoms with Gasteiger partial charge < -0.3 is 5.73 Å². The Labute approximate surface area is 65.3 Å². The Hall–Kier alpha value is -1.06. The van der Waals surface area contributed by atoms with Crippen LogP contribution in [-0.2, 0) is 4.79 Å². The number of rotatable bonds is 0. The van der Waals surface area contributed by atoms with E-state index in [2.05, 4.69) is 6.92 Å². The van der Waals surface area contributed by atoms with Crippen LogP contribution in [-0.4, -0.2) is 22.9 Å². The first-order valence-corrected chi connectivity index (χ1v) is 3.57. The van der Waals surface area contributed by atoms with Crippen LogP contribution in [0.1, 0.15) is 19.3 Å². The van der Waals surface area contributed by atoms with E-state index in [4.69, 9.17) is 5.73 Å². The largest absolute Gasteiger partial charge is 0.351 e. The number of nitrogens with two attached hydrogens (primary N) is 1. The van der Waals surface area contributed by atoms with Crippen molar-refractivity contribution in [1.82, 2.24) is 4.90 Å². The fourth-order valence-electron chi connectivity index (χ4n) is 1.24. The topological polar surface area (TPSA) is 63.4 Å². The Morgan fingerprint density at radius 3 is 2.73 bits per heavy atom. The van der Waals surface area contributed by atoms with Crippen LogP contribution in [0.15, 0.2) is 0 Å². The summed E-state index contributed by atoms with van der Waals surface area (Å²) in [5.41, 5.74) is 4.97. The van der Waals surface area contributed by atoms with Crippen LogP contribution >= 0.6 is 0 Å². The van der Waals surface area contributed by atoms with Gasteiger partial charge in [0.2, 0.25) is 5.91 Å². The van der Waals surface area contributed by atoms with E-state index in [0.29, 0.717) is 6.42 Å². The molecule has 11 heavy (non-hydrogen) atoms. The molecule has 1 atom stereocenters. The van der Waals surface area contributed by atoms with Gasteiger partial charge in [-0.2, -0.15) is 0 Å². The molecule has 1 heterocycles. The standard InChI is InChI=1S/C7H11N2O2/c1-5-3-2-4-6(10)9(5)7(8)11/h5H,1-4H2,(H2,8,11)/t5-/m1/s1. The summed E-state index contributed by atoms with van der Waals surface area (Å²) in [6.07, 6.45) is 1.97. The number of nitrogens with zero attached hydrogens (tertiary/aromatic N) is 1. The smallest absolute Gasteiger partial charge is 0.321 e. The Morgan fingerprint density at radius 1 is 1.73 bits per heavy atom. The lowest BCUT2D eigenvalue weighted by atomic mass is 10.0. The Morgan fingerprint density at radius 2 is 2.36 bits per heavy atom. The van der Waals surface area contributed by atoms with Gasteiger partial charge in [-0.15, -0.1) is 0 Å². The summed E-state index contributed by atoms with van der Waals surface area (Å²) < 4.78 is 0. The number of urea groups is 1. The zero-order chi connectivity index (χ0) is 8.43. The molecule has 0 aromatic carbocycles. The van der Waals surface area contributed by atoms with E-state index in [0.717, 1.165) is 17.7 Å². The minimum atomic E-state index is -0.685. The van der Waals surface area contributed by atoms with Crippen molar-refractivity contribution >= 4 is 11.9 Å². The molecule has 61 valence electrons. The third-order valence-electron chi connectivity index (χ3n) is 1.80. The van der Waals surface area contributed by atoms with E-state index in [1.807, 2.05) is 0 Å². The quantitative estimate of drug-likeness (QED) is 0.546. The Bertz CT molecular complexity index is 191. The highest BCUT2D eigenvalue weighted by Crippen LogP contribution is 2.16. The molecular formula is C7H11N2O2. The van der Waals surface area contributed by atoms with Gasteiger partial charge >= 0.3 is 6.03 Å². The Kier molecular flexibility index (Phi) is 2.12. The summed E-state index contributed by atoms with van der Waals surface area (Å²) in [5, 5.41) is 0. The fraction of sp³-hybridized carbons (Fsp3) is 0.571. The monoisotopic (exact) mass is 155 g/mol. The lowest BCUT2D eigenvalue weighted by Gasteiger charge is -2.29. The van der Waals surface area contributed by atoms with Crippen molar-refractivity contribution in [3.05, 3.63) is 6.92 Å². The summed E-state index contributed by atoms with van der Waals surface area (Å²) in [5.74, 6) is -0.205. The molecule has 0 saturated carbocycles. The maximum Gasteiger partial charge on any atom is 0.321 e. The van der Waals surface area contributed by atoms with Crippen LogP contribution in [0.4, 0.5) is 4.79 Å². The molecule has 1 radical (unpaired) electrons. The number of piperidine rings is 1. The van der Waals surface area contributed by atoms with E-state index < -0.39 is 6.03 Å². The van der Waals surface area contributed by atoms with Crippen LogP contribution < -0.4 is 5.73 Å². The number of hydrogen-bond acceptors (Lipinski definition) is 2. The molecule has 1 aliphatic heterocycles. The fourth-order valence-corrected chi connectivity index (χ4v) is 1.24. The summed E-state index contributed by atoms with van der Waals surface area (Å²) >= 11 is 0. The van der Waals surface area contributed by atoms with Gasteiger partial charge in [-0.3, -0.25) is 9.69 Å². The van der Waals surface area contributed by atoms with E-state index in [9.17, 15) is 9.59 Å². The summed E-state index contributed by atoms with van der Waals surface area (Å²) in [4.78, 5) is 22.7. The van der Waals surface area contributed by atoms with Gasteiger partial charge in [0.15, 0.2) is 0 Å². The first-order chi connectivity index (χ1) is 5.13. The van der Waals surface area contributed by atoms with Crippen molar-refractivity contribution in [3.8, 4) is 0 Å². The van der Waals surface area contributed by atoms with Gasteiger partial charge in [-0.25, -0.2) is 4.79 Å². The third-order valence-corrected chi connectivity index (χ3v) is 1.80. The van der Waals surface area contributed by atoms with Crippen LogP contribution in [0.2, 0.25) is 0 Å². The second kappa shape index (κ2) is 2.90. The molecule has 1 fully saturated rings. The molecule has 4 heteroatoms. The van der Waals surface area contributed by atoms with Crippen molar-refractivity contribution in [2.75, 3.05) is 0 Å². The zero-order valence-corrected chi connectivity index (χ0v) is 6.25. The van der Waals surface area contributed by atoms with Gasteiger partial charge in [0, 0.05) is 12.5 Å². The molecule has 3 amide bonds. The molecule has 4 nitrogen and oxygen atoms in total. The van der Waals surface area contributed by atoms with E-state index in [1.165, 1.54) is 0 Å². The van der Waals surface area contributed by atoms with Crippen molar-refractivity contribution < 1.29 is 9.59 Å². The van der Waals surface area contributed by atoms with Gasteiger partial charge in [-0.1, -0.05) is 0 Å². The molecule has 1 saturated heterocycles. The average molecular weight is 155 g/mol. The molecular weight excluding hydrogens is 144 g/mol. The van der Waals surface area contributed by atoms with Crippen molar-refractivity contribution in [1.29, 1.82) is 0 Å². The highest BCUT2D eigenvalue weighted by atomic mass is 16.2. The van der Waals surface area contributed by atoms with E-state index in [1.54, 1.807) is 0 Å². The molecule has 1 aliphatic rings. The lowest BCUT2D eigenvalue weighted by Crippen LogP contribution is -2.48. The van der Waals surface area contributed by atoms with Crippen molar-refractivity contribution in [3.63, 3.8) is 0 Å². The summed E-state index contributed by atoms with van der Waals surface area (Å²) in [7, 11) is 0. The van der Waals surface area contributed by atoms with Gasteiger partial charge in [-0.05, 0) is 19.8 Å². The number of carbonyl (C=O) groups is 2. The number of primary amides is 1. The van der Waals surface area contributed by atoms with Crippen LogP contribution in [0.3, 0.4) is 0 Å². The highest BCUT2D eigenvalue weighted by Gasteiger charge is 2.28. The normalized spacial score (nSPS) is 25.4. The SMILES string of the molecule is [CH2][C@@H]1CCCC(=O)N1C(N)=O. The first-order valence-electron chi connectivity index (χ1n) is 3.57. The van der Waals surface area contributed by atoms with Gasteiger partial charge in [0.25, 0.3) is 0 Å². The second-order valence-electron chi connectivity index (χ2n) is 2.65. The van der Waals surface area contributed by atoms with Crippen molar-refractivity contribution in [2.45, 2.75) is 25.3 Å². The number of carbonyl (C=O) groups excluding carboxylic acids is 2. The summed E-state index contributed by atoms with van der Waals surface area (Å²) in [6, 6.07) is -0.955. The number of hydrogen-bond donors (Lipinski definition) is 1. The van der Waals surface area contributed by atoms with Crippen LogP contribution in [0.5, 0.6) is 0 Å². The number of imide groups is 1. The average Bonchev–Trinajstić information content (AvgIpc) is 1.85. The first kappa shape index (κ1) is 8.04. The molecule has 1 rings (SSSR count). The minimum Gasteiger partial charge on any atom is -0.351 e. The number of likely N-dealkylation sites (tertiary alicyclic amines) is 1. The second-order valence-corrected chi connectivity index (χ2v) is 2.65. The molecule has 2 N–H and O–H groups in total. The molecule has 0 aliphatic carbocycles. The third kappa shape index (κ3) is 1.50. The minimum absolute atomic E-state index is 0.205. The molecule has 0 bridgehead atoms. The maximum atomic E-state index is 11.0. The molecule has 0 unspecified atom stereocenters. The molecule has 0 aromatic rings. The summed E-state index contributed by atoms with van der Waals surface area (Å²) in [6.45, 7) is 3.65. The van der Waals surface area contributed by atoms with Crippen LogP contribution in [0.25, 0.3) is 0 Å². The molecule has 0 spiro atoms. The predicted octanol–water partition coefficient (Wildman–Crippen LogP) is 0.280. The highest BCUT2D eigenvalue weighted by molar-refractivity contribution is 5.94. The van der Waals surface area contributed by atoms with Gasteiger partial charge in [0.1, 0.15) is 0 Å². The van der Waals surface area contributed by atoms with E-state index >= 15 is 0 Å². The Balaban J connectivity index is 2.70. The zero-order valence-electron chi connectivity index (χ0n) is 6.25. The lowest BCUT2D eigenvalue weighted by molar-refractivity contribution is -0.131. The predicted molar refractivity (Wildman–Crippen MR) is 39.4 cm³/mol. The molecule has 0 aromatic heterocycles. The van der Waals surface area contributed by atoms with Crippen LogP contribution in [0, 0.1) is 6.92 Å². The van der Waals surface area contributed by atoms with E-state index in [-0.39, 0.29) is 11.9 Å². The number of amides is 3.